The summed E-state index contributed by atoms with van der Waals surface area (Å²) in [6.45, 7) is 4.14. The van der Waals surface area contributed by atoms with E-state index in [9.17, 15) is 0 Å². The maximum atomic E-state index is 5.91. The van der Waals surface area contributed by atoms with E-state index in [0.29, 0.717) is 23.1 Å². The highest BCUT2D eigenvalue weighted by atomic mass is 16.5. The van der Waals surface area contributed by atoms with E-state index in [4.69, 9.17) is 17.1 Å². The molecule has 0 atom stereocenters. The summed E-state index contributed by atoms with van der Waals surface area (Å²) < 4.78 is 11.3. The summed E-state index contributed by atoms with van der Waals surface area (Å²) in [5.41, 5.74) is 3.25. The summed E-state index contributed by atoms with van der Waals surface area (Å²) >= 11 is 0. The number of ether oxygens (including phenoxy) is 1. The van der Waals surface area contributed by atoms with Gasteiger partial charge in [0.15, 0.2) is 0 Å². The van der Waals surface area contributed by atoms with Crippen molar-refractivity contribution < 1.29 is 9.26 Å². The number of hydrogen-bond donors (Lipinski definition) is 0. The molecule has 2 aromatic heterocycles. The van der Waals surface area contributed by atoms with Gasteiger partial charge in [-0.2, -0.15) is 4.98 Å². The largest absolute Gasteiger partial charge is 0.471 e. The van der Waals surface area contributed by atoms with Gasteiger partial charge in [0.1, 0.15) is 13.4 Å². The van der Waals surface area contributed by atoms with Gasteiger partial charge in [-0.05, 0) is 32.8 Å². The number of nitrogens with zero attached hydrogens (tertiary/aromatic N) is 3. The van der Waals surface area contributed by atoms with Crippen LogP contribution in [0.2, 0.25) is 0 Å². The highest BCUT2D eigenvalue weighted by Gasteiger charge is 2.28. The lowest BCUT2D eigenvalue weighted by atomic mass is 9.95. The first-order chi connectivity index (χ1) is 11.5. The van der Waals surface area contributed by atoms with Gasteiger partial charge in [-0.15, -0.1) is 0 Å². The Kier molecular flexibility index (Phi) is 3.41. The van der Waals surface area contributed by atoms with Crippen LogP contribution in [0.1, 0.15) is 25.8 Å². The molecule has 0 aliphatic carbocycles. The van der Waals surface area contributed by atoms with E-state index in [1.54, 1.807) is 6.20 Å². The summed E-state index contributed by atoms with van der Waals surface area (Å²) in [6, 6.07) is 9.36. The van der Waals surface area contributed by atoms with Crippen molar-refractivity contribution in [2.24, 2.45) is 0 Å². The molecule has 3 aromatic rings. The minimum Gasteiger partial charge on any atom is -0.471 e. The Morgan fingerprint density at radius 1 is 1.12 bits per heavy atom. The molecule has 5 nitrogen and oxygen atoms in total. The normalized spacial score (nSPS) is 15.6. The highest BCUT2D eigenvalue weighted by molar-refractivity contribution is 6.32. The number of aryl methyl sites for hydroxylation is 1. The Balaban J connectivity index is 1.64. The predicted molar refractivity (Wildman–Crippen MR) is 91.4 cm³/mol. The zero-order chi connectivity index (χ0) is 16.7. The first kappa shape index (κ1) is 14.9. The lowest BCUT2D eigenvalue weighted by molar-refractivity contribution is 0.0784. The second kappa shape index (κ2) is 5.48. The molecule has 0 unspecified atom stereocenters. The second-order valence-electron chi connectivity index (χ2n) is 6.60. The Hall–Kier alpha value is -2.63. The lowest BCUT2D eigenvalue weighted by Gasteiger charge is -2.31. The van der Waals surface area contributed by atoms with Crippen molar-refractivity contribution in [3.8, 4) is 28.7 Å². The molecule has 6 heteroatoms. The molecule has 118 valence electrons. The Bertz CT molecular complexity index is 888. The fourth-order valence-electron chi connectivity index (χ4n) is 2.72. The van der Waals surface area contributed by atoms with E-state index in [0.717, 1.165) is 29.5 Å². The molecule has 3 heterocycles. The van der Waals surface area contributed by atoms with Gasteiger partial charge in [-0.1, -0.05) is 34.9 Å². The molecular formula is C18H16BN3O2. The van der Waals surface area contributed by atoms with Crippen molar-refractivity contribution in [2.45, 2.75) is 32.3 Å². The monoisotopic (exact) mass is 317 g/mol. The van der Waals surface area contributed by atoms with E-state index in [1.807, 2.05) is 30.3 Å². The van der Waals surface area contributed by atoms with E-state index in [-0.39, 0.29) is 5.60 Å². The van der Waals surface area contributed by atoms with Crippen molar-refractivity contribution >= 4 is 13.3 Å². The Morgan fingerprint density at radius 3 is 2.71 bits per heavy atom. The number of hydrogen-bond acceptors (Lipinski definition) is 5. The molecule has 0 amide bonds. The van der Waals surface area contributed by atoms with Crippen LogP contribution in [0, 0.1) is 0 Å². The molecule has 0 saturated carbocycles. The maximum absolute atomic E-state index is 5.91. The van der Waals surface area contributed by atoms with Crippen LogP contribution in [0.25, 0.3) is 22.8 Å². The van der Waals surface area contributed by atoms with E-state index in [1.165, 1.54) is 0 Å². The van der Waals surface area contributed by atoms with Gasteiger partial charge in [0, 0.05) is 17.3 Å². The van der Waals surface area contributed by atoms with E-state index in [2.05, 4.69) is 29.0 Å². The zero-order valence-electron chi connectivity index (χ0n) is 13.6. The topological polar surface area (TPSA) is 61.0 Å². The first-order valence-electron chi connectivity index (χ1n) is 7.88. The van der Waals surface area contributed by atoms with Crippen molar-refractivity contribution in [1.29, 1.82) is 0 Å². The third kappa shape index (κ3) is 2.80. The van der Waals surface area contributed by atoms with Crippen molar-refractivity contribution in [2.75, 3.05) is 0 Å². The third-order valence-electron chi connectivity index (χ3n) is 4.14. The molecule has 0 bridgehead atoms. The van der Waals surface area contributed by atoms with Crippen molar-refractivity contribution in [3.05, 3.63) is 42.1 Å². The molecule has 1 aliphatic rings. The van der Waals surface area contributed by atoms with Gasteiger partial charge >= 0.3 is 0 Å². The summed E-state index contributed by atoms with van der Waals surface area (Å²) in [5, 5.41) is 4.04. The van der Waals surface area contributed by atoms with Gasteiger partial charge in [0.25, 0.3) is 5.89 Å². The first-order valence-corrected chi connectivity index (χ1v) is 7.88. The summed E-state index contributed by atoms with van der Waals surface area (Å²) in [6.07, 6.45) is 3.58. The molecular weight excluding hydrogens is 301 g/mol. The fraction of sp³-hybridized carbons (Fsp3) is 0.278. The van der Waals surface area contributed by atoms with Gasteiger partial charge in [-0.3, -0.25) is 0 Å². The Morgan fingerprint density at radius 2 is 1.92 bits per heavy atom. The SMILES string of the molecule is [B]c1ccc(-c2noc(-c3cnc4c(c3)CCC(C)(C)O4)n2)cc1. The number of rotatable bonds is 2. The number of fused-ring (bicyclic) bond motifs is 1. The molecule has 2 radical (unpaired) electrons. The van der Waals surface area contributed by atoms with Crippen LogP contribution in [-0.2, 0) is 6.42 Å². The Labute approximate surface area is 141 Å². The molecule has 0 fully saturated rings. The fourth-order valence-corrected chi connectivity index (χ4v) is 2.72. The van der Waals surface area contributed by atoms with Gasteiger partial charge in [0.05, 0.1) is 5.56 Å². The second-order valence-corrected chi connectivity index (χ2v) is 6.60. The minimum absolute atomic E-state index is 0.172. The average molecular weight is 317 g/mol. The molecule has 0 N–H and O–H groups in total. The van der Waals surface area contributed by atoms with E-state index < -0.39 is 0 Å². The maximum Gasteiger partial charge on any atom is 0.259 e. The zero-order valence-corrected chi connectivity index (χ0v) is 13.6. The van der Waals surface area contributed by atoms with Crippen LogP contribution in [0.4, 0.5) is 0 Å². The van der Waals surface area contributed by atoms with Crippen molar-refractivity contribution in [3.63, 3.8) is 0 Å². The third-order valence-corrected chi connectivity index (χ3v) is 4.14. The number of pyridine rings is 1. The van der Waals surface area contributed by atoms with E-state index >= 15 is 0 Å². The van der Waals surface area contributed by atoms with Crippen LogP contribution in [0.5, 0.6) is 5.88 Å². The molecule has 1 aliphatic heterocycles. The summed E-state index contributed by atoms with van der Waals surface area (Å²) in [5.74, 6) is 1.66. The lowest BCUT2D eigenvalue weighted by Crippen LogP contribution is -2.33. The summed E-state index contributed by atoms with van der Waals surface area (Å²) in [7, 11) is 5.70. The van der Waals surface area contributed by atoms with Gasteiger partial charge in [-0.25, -0.2) is 4.98 Å². The summed E-state index contributed by atoms with van der Waals surface area (Å²) in [4.78, 5) is 8.88. The molecule has 0 saturated heterocycles. The molecule has 4 rings (SSSR count). The molecule has 1 aromatic carbocycles. The van der Waals surface area contributed by atoms with Crippen LogP contribution in [0.15, 0.2) is 41.1 Å². The molecule has 24 heavy (non-hydrogen) atoms. The quantitative estimate of drug-likeness (QED) is 0.680. The predicted octanol–water partition coefficient (Wildman–Crippen LogP) is 2.70. The van der Waals surface area contributed by atoms with Gasteiger partial charge in [0.2, 0.25) is 11.7 Å². The number of aromatic nitrogens is 3. The molecule has 0 spiro atoms. The number of benzene rings is 1. The highest BCUT2D eigenvalue weighted by Crippen LogP contribution is 2.33. The smallest absolute Gasteiger partial charge is 0.259 e. The standard InChI is InChI=1S/C18H16BN3O2/c1-18(2)8-7-12-9-13(10-20-16(12)23-18)17-21-15(22-24-17)11-3-5-14(19)6-4-11/h3-6,9-10H,7-8H2,1-2H3. The van der Waals surface area contributed by atoms with Crippen LogP contribution in [-0.4, -0.2) is 28.6 Å². The van der Waals surface area contributed by atoms with Crippen LogP contribution in [0.3, 0.4) is 0 Å². The van der Waals surface area contributed by atoms with Gasteiger partial charge < -0.3 is 9.26 Å². The average Bonchev–Trinajstić information content (AvgIpc) is 3.04. The minimum atomic E-state index is -0.172. The van der Waals surface area contributed by atoms with Crippen LogP contribution < -0.4 is 10.2 Å². The van der Waals surface area contributed by atoms with Crippen molar-refractivity contribution in [1.82, 2.24) is 15.1 Å². The van der Waals surface area contributed by atoms with Crippen LogP contribution >= 0.6 is 0 Å².